The van der Waals surface area contributed by atoms with Crippen molar-refractivity contribution in [1.82, 2.24) is 15.1 Å². The van der Waals surface area contributed by atoms with E-state index in [0.717, 1.165) is 19.4 Å². The van der Waals surface area contributed by atoms with E-state index in [2.05, 4.69) is 5.32 Å². The fourth-order valence-corrected chi connectivity index (χ4v) is 3.20. The summed E-state index contributed by atoms with van der Waals surface area (Å²) in [6.07, 6.45) is 1.86. The van der Waals surface area contributed by atoms with Gasteiger partial charge >= 0.3 is 6.03 Å². The van der Waals surface area contributed by atoms with Gasteiger partial charge < -0.3 is 20.2 Å². The molecule has 0 radical (unpaired) electrons. The number of phenolic OH excluding ortho intramolecular Hbond substituents is 1. The van der Waals surface area contributed by atoms with E-state index < -0.39 is 0 Å². The number of para-hydroxylation sites is 1. The summed E-state index contributed by atoms with van der Waals surface area (Å²) >= 11 is 0. The minimum absolute atomic E-state index is 0.0129. The minimum atomic E-state index is 0.0129. The van der Waals surface area contributed by atoms with Gasteiger partial charge in [-0.2, -0.15) is 0 Å². The van der Waals surface area contributed by atoms with Gasteiger partial charge in [0.2, 0.25) is 5.91 Å². The summed E-state index contributed by atoms with van der Waals surface area (Å²) in [5, 5.41) is 12.6. The van der Waals surface area contributed by atoms with E-state index in [1.54, 1.807) is 18.2 Å². The molecule has 1 aromatic rings. The van der Waals surface area contributed by atoms with Gasteiger partial charge in [0, 0.05) is 37.8 Å². The Labute approximate surface area is 129 Å². The van der Waals surface area contributed by atoms with Crippen LogP contribution in [0.2, 0.25) is 0 Å². The predicted octanol–water partition coefficient (Wildman–Crippen LogP) is 0.951. The fraction of sp³-hybridized carbons (Fsp3) is 0.500. The van der Waals surface area contributed by atoms with E-state index in [1.807, 2.05) is 15.9 Å². The van der Waals surface area contributed by atoms with E-state index in [0.29, 0.717) is 25.2 Å². The van der Waals surface area contributed by atoms with Crippen LogP contribution in [0.15, 0.2) is 24.3 Å². The summed E-state index contributed by atoms with van der Waals surface area (Å²) < 4.78 is 0. The quantitative estimate of drug-likeness (QED) is 0.873. The SMILES string of the molecule is O=C(Cc1ccccc1O)N1CCC(N2CCNC2=O)CC1. The van der Waals surface area contributed by atoms with Gasteiger partial charge in [0.15, 0.2) is 0 Å². The first-order valence-corrected chi connectivity index (χ1v) is 7.74. The molecule has 2 saturated heterocycles. The molecule has 2 heterocycles. The summed E-state index contributed by atoms with van der Waals surface area (Å²) in [4.78, 5) is 27.7. The molecule has 0 unspecified atom stereocenters. The Balaban J connectivity index is 1.54. The number of hydrogen-bond donors (Lipinski definition) is 2. The Morgan fingerprint density at radius 3 is 2.59 bits per heavy atom. The number of nitrogens with zero attached hydrogens (tertiary/aromatic N) is 2. The van der Waals surface area contributed by atoms with Crippen LogP contribution in [0.1, 0.15) is 18.4 Å². The van der Waals surface area contributed by atoms with E-state index in [-0.39, 0.29) is 30.2 Å². The van der Waals surface area contributed by atoms with Crippen LogP contribution < -0.4 is 5.32 Å². The molecule has 0 atom stereocenters. The van der Waals surface area contributed by atoms with Crippen LogP contribution in [0.4, 0.5) is 4.79 Å². The Morgan fingerprint density at radius 2 is 1.95 bits per heavy atom. The van der Waals surface area contributed by atoms with Gasteiger partial charge in [-0.3, -0.25) is 4.79 Å². The second kappa shape index (κ2) is 6.25. The molecule has 3 rings (SSSR count). The Kier molecular flexibility index (Phi) is 4.18. The lowest BCUT2D eigenvalue weighted by Crippen LogP contribution is -2.48. The van der Waals surface area contributed by atoms with Crippen LogP contribution in [0.3, 0.4) is 0 Å². The predicted molar refractivity (Wildman–Crippen MR) is 81.5 cm³/mol. The molecule has 0 aromatic heterocycles. The number of rotatable bonds is 3. The van der Waals surface area contributed by atoms with Crippen LogP contribution in [0, 0.1) is 0 Å². The number of carbonyl (C=O) groups excluding carboxylic acids is 2. The largest absolute Gasteiger partial charge is 0.508 e. The van der Waals surface area contributed by atoms with Crippen molar-refractivity contribution in [3.8, 4) is 5.75 Å². The molecule has 22 heavy (non-hydrogen) atoms. The van der Waals surface area contributed by atoms with Crippen molar-refractivity contribution in [2.45, 2.75) is 25.3 Å². The van der Waals surface area contributed by atoms with Crippen LogP contribution >= 0.6 is 0 Å². The fourth-order valence-electron chi connectivity index (χ4n) is 3.20. The number of hydrogen-bond acceptors (Lipinski definition) is 3. The van der Waals surface area contributed by atoms with Crippen molar-refractivity contribution in [2.24, 2.45) is 0 Å². The Bertz CT molecular complexity index is 568. The molecule has 3 amide bonds. The summed E-state index contributed by atoms with van der Waals surface area (Å²) in [5.74, 6) is 0.199. The van der Waals surface area contributed by atoms with Crippen LogP contribution in [0.25, 0.3) is 0 Å². The molecule has 0 aliphatic carbocycles. The number of urea groups is 1. The highest BCUT2D eigenvalue weighted by Crippen LogP contribution is 2.21. The first-order chi connectivity index (χ1) is 10.6. The molecule has 0 saturated carbocycles. The Morgan fingerprint density at radius 1 is 1.23 bits per heavy atom. The molecular formula is C16H21N3O3. The molecule has 118 valence electrons. The first-order valence-electron chi connectivity index (χ1n) is 7.74. The third kappa shape index (κ3) is 3.00. The van der Waals surface area contributed by atoms with Gasteiger partial charge in [-0.1, -0.05) is 18.2 Å². The second-order valence-corrected chi connectivity index (χ2v) is 5.84. The Hall–Kier alpha value is -2.24. The molecular weight excluding hydrogens is 282 g/mol. The smallest absolute Gasteiger partial charge is 0.317 e. The van der Waals surface area contributed by atoms with E-state index >= 15 is 0 Å². The molecule has 6 heteroatoms. The minimum Gasteiger partial charge on any atom is -0.508 e. The topological polar surface area (TPSA) is 72.9 Å². The standard InChI is InChI=1S/C16H21N3O3/c20-14-4-2-1-3-12(14)11-15(21)18-8-5-13(6-9-18)19-10-7-17-16(19)22/h1-4,13,20H,5-11H2,(H,17,22). The molecule has 0 spiro atoms. The summed E-state index contributed by atoms with van der Waals surface area (Å²) in [6, 6.07) is 7.18. The highest BCUT2D eigenvalue weighted by Gasteiger charge is 2.31. The van der Waals surface area contributed by atoms with Crippen molar-refractivity contribution < 1.29 is 14.7 Å². The van der Waals surface area contributed by atoms with Gasteiger partial charge in [0.1, 0.15) is 5.75 Å². The lowest BCUT2D eigenvalue weighted by Gasteiger charge is -2.36. The van der Waals surface area contributed by atoms with Gasteiger partial charge in [-0.15, -0.1) is 0 Å². The van der Waals surface area contributed by atoms with Gasteiger partial charge in [0.05, 0.1) is 6.42 Å². The zero-order chi connectivity index (χ0) is 15.5. The molecule has 2 aliphatic rings. The van der Waals surface area contributed by atoms with Crippen molar-refractivity contribution >= 4 is 11.9 Å². The van der Waals surface area contributed by atoms with E-state index in [4.69, 9.17) is 0 Å². The normalized spacial score (nSPS) is 19.4. The third-order valence-corrected chi connectivity index (χ3v) is 4.48. The number of amides is 3. The number of phenols is 1. The zero-order valence-corrected chi connectivity index (χ0v) is 12.5. The van der Waals surface area contributed by atoms with Crippen LogP contribution in [-0.2, 0) is 11.2 Å². The molecule has 6 nitrogen and oxygen atoms in total. The van der Waals surface area contributed by atoms with Crippen molar-refractivity contribution in [3.05, 3.63) is 29.8 Å². The van der Waals surface area contributed by atoms with Gasteiger partial charge in [-0.05, 0) is 18.9 Å². The lowest BCUT2D eigenvalue weighted by atomic mass is 10.0. The van der Waals surface area contributed by atoms with Gasteiger partial charge in [0.25, 0.3) is 0 Å². The maximum absolute atomic E-state index is 12.3. The number of likely N-dealkylation sites (tertiary alicyclic amines) is 1. The number of carbonyl (C=O) groups is 2. The highest BCUT2D eigenvalue weighted by atomic mass is 16.3. The van der Waals surface area contributed by atoms with Crippen molar-refractivity contribution in [2.75, 3.05) is 26.2 Å². The lowest BCUT2D eigenvalue weighted by molar-refractivity contribution is -0.131. The summed E-state index contributed by atoms with van der Waals surface area (Å²) in [6.45, 7) is 2.81. The molecule has 2 fully saturated rings. The average Bonchev–Trinajstić information content (AvgIpc) is 2.96. The van der Waals surface area contributed by atoms with Crippen molar-refractivity contribution in [3.63, 3.8) is 0 Å². The highest BCUT2D eigenvalue weighted by molar-refractivity contribution is 5.80. The maximum Gasteiger partial charge on any atom is 0.317 e. The molecule has 2 N–H and O–H groups in total. The van der Waals surface area contributed by atoms with E-state index in [1.165, 1.54) is 0 Å². The van der Waals surface area contributed by atoms with Crippen molar-refractivity contribution in [1.29, 1.82) is 0 Å². The van der Waals surface area contributed by atoms with E-state index in [9.17, 15) is 14.7 Å². The number of piperidine rings is 1. The second-order valence-electron chi connectivity index (χ2n) is 5.84. The number of nitrogens with one attached hydrogen (secondary N) is 1. The van der Waals surface area contributed by atoms with Crippen LogP contribution in [0.5, 0.6) is 5.75 Å². The zero-order valence-electron chi connectivity index (χ0n) is 12.5. The average molecular weight is 303 g/mol. The summed E-state index contributed by atoms with van der Waals surface area (Å²) in [5.41, 5.74) is 0.661. The maximum atomic E-state index is 12.3. The molecule has 2 aliphatic heterocycles. The third-order valence-electron chi connectivity index (χ3n) is 4.48. The number of aromatic hydroxyl groups is 1. The molecule has 0 bridgehead atoms. The monoisotopic (exact) mass is 303 g/mol. The summed E-state index contributed by atoms with van der Waals surface area (Å²) in [7, 11) is 0. The van der Waals surface area contributed by atoms with Gasteiger partial charge in [-0.25, -0.2) is 4.79 Å². The number of benzene rings is 1. The molecule has 1 aromatic carbocycles. The first kappa shape index (κ1) is 14.7. The van der Waals surface area contributed by atoms with Crippen LogP contribution in [-0.4, -0.2) is 59.1 Å².